The highest BCUT2D eigenvalue weighted by molar-refractivity contribution is 6.30. The molecule has 0 fully saturated rings. The first-order valence-corrected chi connectivity index (χ1v) is 10.8. The first-order chi connectivity index (χ1) is 15.5. The number of hydrogen-bond acceptors (Lipinski definition) is 2. The fraction of sp³-hybridized carbons (Fsp3) is 0.280. The largest absolute Gasteiger partial charge is 0.416 e. The highest BCUT2D eigenvalue weighted by Crippen LogP contribution is 2.40. The predicted octanol–water partition coefficient (Wildman–Crippen LogP) is 6.26. The normalized spacial score (nSPS) is 13.5. The minimum atomic E-state index is -4.55. The van der Waals surface area contributed by atoms with Crippen LogP contribution in [0.2, 0.25) is 5.02 Å². The molecule has 2 N–H and O–H groups in total. The van der Waals surface area contributed by atoms with Crippen LogP contribution in [0.25, 0.3) is 0 Å². The number of pyridine rings is 1. The number of hydrogen-bond donors (Lipinski definition) is 2. The van der Waals surface area contributed by atoms with Crippen LogP contribution in [0.5, 0.6) is 0 Å². The molecule has 2 amide bonds. The van der Waals surface area contributed by atoms with Gasteiger partial charge in [0.2, 0.25) is 0 Å². The Labute approximate surface area is 196 Å². The Morgan fingerprint density at radius 2 is 1.67 bits per heavy atom. The van der Waals surface area contributed by atoms with Crippen LogP contribution in [-0.2, 0) is 18.1 Å². The van der Waals surface area contributed by atoms with Crippen LogP contribution < -0.4 is 10.6 Å². The Bertz CT molecular complexity index is 1100. The van der Waals surface area contributed by atoms with Gasteiger partial charge in [-0.25, -0.2) is 4.79 Å². The fourth-order valence-corrected chi connectivity index (χ4v) is 4.04. The van der Waals surface area contributed by atoms with Crippen LogP contribution in [0.4, 0.5) is 18.0 Å². The summed E-state index contributed by atoms with van der Waals surface area (Å²) in [7, 11) is 0. The second kappa shape index (κ2) is 9.83. The lowest BCUT2D eigenvalue weighted by Crippen LogP contribution is -2.54. The third-order valence-electron chi connectivity index (χ3n) is 5.32. The van der Waals surface area contributed by atoms with Crippen LogP contribution in [0.15, 0.2) is 66.9 Å². The number of carbonyl (C=O) groups is 1. The second-order valence-electron chi connectivity index (χ2n) is 8.16. The number of aromatic nitrogens is 1. The van der Waals surface area contributed by atoms with E-state index in [0.717, 1.165) is 11.6 Å². The lowest BCUT2D eigenvalue weighted by Gasteiger charge is -2.37. The van der Waals surface area contributed by atoms with Crippen LogP contribution in [0, 0.1) is 6.92 Å². The van der Waals surface area contributed by atoms with Gasteiger partial charge in [0, 0.05) is 18.7 Å². The van der Waals surface area contributed by atoms with E-state index < -0.39 is 23.3 Å². The molecule has 1 atom stereocenters. The number of benzene rings is 2. The van der Waals surface area contributed by atoms with Gasteiger partial charge in [0.25, 0.3) is 0 Å². The van der Waals surface area contributed by atoms with Crippen molar-refractivity contribution >= 4 is 17.6 Å². The highest BCUT2D eigenvalue weighted by Gasteiger charge is 2.42. The summed E-state index contributed by atoms with van der Waals surface area (Å²) in [5.74, 6) is 0. The molecule has 1 heterocycles. The molecule has 3 rings (SSSR count). The average molecular weight is 476 g/mol. The Balaban J connectivity index is 2.31. The zero-order chi connectivity index (χ0) is 24.2. The molecule has 8 heteroatoms. The Morgan fingerprint density at radius 3 is 2.24 bits per heavy atom. The molecule has 0 unspecified atom stereocenters. The second-order valence-corrected chi connectivity index (χ2v) is 8.59. The molecule has 1 aromatic heterocycles. The van der Waals surface area contributed by atoms with Crippen LogP contribution in [0.3, 0.4) is 0 Å². The van der Waals surface area contributed by atoms with E-state index in [0.29, 0.717) is 16.3 Å². The van der Waals surface area contributed by atoms with Crippen molar-refractivity contribution < 1.29 is 18.0 Å². The van der Waals surface area contributed by atoms with E-state index in [-0.39, 0.29) is 18.0 Å². The van der Waals surface area contributed by atoms with Gasteiger partial charge in [0.15, 0.2) is 0 Å². The summed E-state index contributed by atoms with van der Waals surface area (Å²) in [4.78, 5) is 17.4. The van der Waals surface area contributed by atoms with E-state index in [9.17, 15) is 18.0 Å². The van der Waals surface area contributed by atoms with Crippen molar-refractivity contribution in [3.8, 4) is 0 Å². The summed E-state index contributed by atoms with van der Waals surface area (Å²) in [6.45, 7) is 5.01. The number of alkyl halides is 3. The van der Waals surface area contributed by atoms with Gasteiger partial charge >= 0.3 is 12.2 Å². The number of carbonyl (C=O) groups excluding carboxylic acids is 1. The van der Waals surface area contributed by atoms with Gasteiger partial charge in [-0.1, -0.05) is 54.1 Å². The fourth-order valence-electron chi connectivity index (χ4n) is 3.93. The number of amides is 2. The molecule has 33 heavy (non-hydrogen) atoms. The Hall–Kier alpha value is -3.06. The molecule has 0 bridgehead atoms. The van der Waals surface area contributed by atoms with Crippen molar-refractivity contribution in [2.24, 2.45) is 0 Å². The van der Waals surface area contributed by atoms with Gasteiger partial charge in [-0.05, 0) is 55.7 Å². The van der Waals surface area contributed by atoms with Crippen molar-refractivity contribution in [3.05, 3.63) is 99.8 Å². The minimum absolute atomic E-state index is 0.0162. The molecule has 0 saturated carbocycles. The lowest BCUT2D eigenvalue weighted by molar-refractivity contribution is -0.138. The zero-order valence-corrected chi connectivity index (χ0v) is 19.3. The van der Waals surface area contributed by atoms with Crippen LogP contribution in [0.1, 0.15) is 41.8 Å². The molecule has 0 aliphatic rings. The van der Waals surface area contributed by atoms with Crippen LogP contribution >= 0.6 is 11.6 Å². The maximum Gasteiger partial charge on any atom is 0.416 e. The summed E-state index contributed by atoms with van der Waals surface area (Å²) in [5, 5.41) is 6.11. The lowest BCUT2D eigenvalue weighted by atomic mass is 9.77. The van der Waals surface area contributed by atoms with Crippen LogP contribution in [-0.4, -0.2) is 17.1 Å². The molecule has 4 nitrogen and oxygen atoms in total. The topological polar surface area (TPSA) is 54.0 Å². The van der Waals surface area contributed by atoms with E-state index in [1.807, 2.05) is 30.3 Å². The Morgan fingerprint density at radius 1 is 1.00 bits per heavy atom. The van der Waals surface area contributed by atoms with Crippen molar-refractivity contribution in [2.45, 2.75) is 44.9 Å². The van der Waals surface area contributed by atoms with Gasteiger partial charge in [0.1, 0.15) is 5.54 Å². The molecule has 0 aliphatic heterocycles. The molecule has 3 aromatic rings. The standard InChI is InChI=1S/C25H25ClF3N3O/c1-16(2)31-23(33)32-24(14-18-8-5-4-6-9-18,22-13-12-19(26)15-30-22)20-10-7-11-21(17(20)3)25(27,28)29/h4-13,15-16H,14H2,1-3H3,(H2,31,32,33)/t24-/m1/s1. The minimum Gasteiger partial charge on any atom is -0.336 e. The molecule has 0 radical (unpaired) electrons. The zero-order valence-electron chi connectivity index (χ0n) is 18.5. The third-order valence-corrected chi connectivity index (χ3v) is 5.55. The number of nitrogens with one attached hydrogen (secondary N) is 2. The number of urea groups is 1. The number of rotatable bonds is 6. The SMILES string of the molecule is Cc1c(C(F)(F)F)cccc1[C@@](Cc1ccccc1)(NC(=O)NC(C)C)c1ccc(Cl)cn1. The van der Waals surface area contributed by atoms with E-state index in [1.54, 1.807) is 32.0 Å². The number of halogens is 4. The number of nitrogens with zero attached hydrogens (tertiary/aromatic N) is 1. The van der Waals surface area contributed by atoms with Crippen molar-refractivity contribution in [1.82, 2.24) is 15.6 Å². The maximum absolute atomic E-state index is 13.8. The van der Waals surface area contributed by atoms with Crippen molar-refractivity contribution in [2.75, 3.05) is 0 Å². The van der Waals surface area contributed by atoms with Gasteiger partial charge in [0.05, 0.1) is 16.3 Å². The van der Waals surface area contributed by atoms with Gasteiger partial charge < -0.3 is 10.6 Å². The smallest absolute Gasteiger partial charge is 0.336 e. The highest BCUT2D eigenvalue weighted by atomic mass is 35.5. The molecular weight excluding hydrogens is 451 g/mol. The van der Waals surface area contributed by atoms with Gasteiger partial charge in [-0.3, -0.25) is 4.98 Å². The van der Waals surface area contributed by atoms with E-state index >= 15 is 0 Å². The van der Waals surface area contributed by atoms with Gasteiger partial charge in [-0.2, -0.15) is 13.2 Å². The summed E-state index contributed by atoms with van der Waals surface area (Å²) < 4.78 is 41.4. The maximum atomic E-state index is 13.8. The molecule has 174 valence electrons. The molecule has 0 aliphatic carbocycles. The van der Waals surface area contributed by atoms with E-state index in [2.05, 4.69) is 15.6 Å². The molecule has 0 saturated heterocycles. The average Bonchev–Trinajstić information content (AvgIpc) is 2.73. The van der Waals surface area contributed by atoms with Crippen molar-refractivity contribution in [1.29, 1.82) is 0 Å². The summed E-state index contributed by atoms with van der Waals surface area (Å²) in [5.41, 5.74) is -0.654. The first kappa shape index (κ1) is 24.6. The third kappa shape index (κ3) is 5.66. The monoisotopic (exact) mass is 475 g/mol. The van der Waals surface area contributed by atoms with Gasteiger partial charge in [-0.15, -0.1) is 0 Å². The van der Waals surface area contributed by atoms with Crippen molar-refractivity contribution in [3.63, 3.8) is 0 Å². The predicted molar refractivity (Wildman–Crippen MR) is 123 cm³/mol. The molecular formula is C25H25ClF3N3O. The molecule has 0 spiro atoms. The van der Waals surface area contributed by atoms with E-state index in [1.165, 1.54) is 19.2 Å². The first-order valence-electron chi connectivity index (χ1n) is 10.4. The summed E-state index contributed by atoms with van der Waals surface area (Å²) >= 11 is 6.05. The van der Waals surface area contributed by atoms with E-state index in [4.69, 9.17) is 11.6 Å². The molecule has 2 aromatic carbocycles. The Kier molecular flexibility index (Phi) is 7.32. The summed E-state index contributed by atoms with van der Waals surface area (Å²) in [6, 6.07) is 15.7. The quantitative estimate of drug-likeness (QED) is 0.442. The summed E-state index contributed by atoms with van der Waals surface area (Å²) in [6.07, 6.45) is -2.95.